The maximum Gasteiger partial charge on any atom is 0.123 e. The molecule has 0 bridgehead atoms. The second kappa shape index (κ2) is 5.80. The van der Waals surface area contributed by atoms with Gasteiger partial charge in [0.05, 0.1) is 6.10 Å². The molecular weight excluding hydrogens is 342 g/mol. The first-order chi connectivity index (χ1) is 8.56. The van der Waals surface area contributed by atoms with E-state index in [9.17, 15) is 9.50 Å². The van der Waals surface area contributed by atoms with Crippen molar-refractivity contribution in [2.75, 3.05) is 0 Å². The third-order valence-corrected chi connectivity index (χ3v) is 3.70. The fourth-order valence-corrected chi connectivity index (χ4v) is 2.23. The maximum absolute atomic E-state index is 13.2. The second-order valence-electron chi connectivity index (χ2n) is 4.34. The highest BCUT2D eigenvalue weighted by molar-refractivity contribution is 14.1. The molecule has 0 saturated carbocycles. The zero-order valence-corrected chi connectivity index (χ0v) is 12.2. The lowest BCUT2D eigenvalue weighted by Gasteiger charge is -2.13. The van der Waals surface area contributed by atoms with Gasteiger partial charge in [0.15, 0.2) is 0 Å². The predicted molar refractivity (Wildman–Crippen MR) is 79.0 cm³/mol. The van der Waals surface area contributed by atoms with Crippen LogP contribution in [0.1, 0.15) is 22.8 Å². The summed E-state index contributed by atoms with van der Waals surface area (Å²) in [7, 11) is 0. The molecule has 0 aliphatic carbocycles. The van der Waals surface area contributed by atoms with E-state index in [1.54, 1.807) is 6.07 Å². The Balaban J connectivity index is 2.18. The average Bonchev–Trinajstić information content (AvgIpc) is 2.34. The van der Waals surface area contributed by atoms with E-state index in [4.69, 9.17) is 0 Å². The molecule has 0 spiro atoms. The van der Waals surface area contributed by atoms with E-state index < -0.39 is 6.10 Å². The van der Waals surface area contributed by atoms with Crippen molar-refractivity contribution in [1.29, 1.82) is 0 Å². The summed E-state index contributed by atoms with van der Waals surface area (Å²) in [5, 5.41) is 10.2. The fraction of sp³-hybridized carbons (Fsp3) is 0.200. The van der Waals surface area contributed by atoms with E-state index in [1.807, 2.05) is 31.2 Å². The van der Waals surface area contributed by atoms with Crippen LogP contribution >= 0.6 is 22.6 Å². The molecule has 0 saturated heterocycles. The SMILES string of the molecule is Cc1ccc(F)cc1CC(O)c1ccc(I)cc1. The minimum Gasteiger partial charge on any atom is -0.388 e. The normalized spacial score (nSPS) is 12.4. The van der Waals surface area contributed by atoms with Crippen LogP contribution in [0.25, 0.3) is 0 Å². The summed E-state index contributed by atoms with van der Waals surface area (Å²) in [6.07, 6.45) is -0.160. The Morgan fingerprint density at radius 2 is 1.83 bits per heavy atom. The molecule has 0 radical (unpaired) electrons. The van der Waals surface area contributed by atoms with Crippen LogP contribution in [0.4, 0.5) is 4.39 Å². The van der Waals surface area contributed by atoms with E-state index in [1.165, 1.54) is 12.1 Å². The van der Waals surface area contributed by atoms with E-state index in [0.717, 1.165) is 20.3 Å². The van der Waals surface area contributed by atoms with Gasteiger partial charge in [0.2, 0.25) is 0 Å². The minimum atomic E-state index is -0.595. The summed E-state index contributed by atoms with van der Waals surface area (Å²) in [4.78, 5) is 0. The van der Waals surface area contributed by atoms with Crippen LogP contribution in [0.2, 0.25) is 0 Å². The molecule has 2 aromatic carbocycles. The average molecular weight is 356 g/mol. The first-order valence-corrected chi connectivity index (χ1v) is 6.82. The van der Waals surface area contributed by atoms with Crippen molar-refractivity contribution in [3.63, 3.8) is 0 Å². The molecule has 0 heterocycles. The van der Waals surface area contributed by atoms with Crippen LogP contribution in [0, 0.1) is 16.3 Å². The highest BCUT2D eigenvalue weighted by Crippen LogP contribution is 2.21. The van der Waals surface area contributed by atoms with Crippen molar-refractivity contribution < 1.29 is 9.50 Å². The molecule has 1 atom stereocenters. The maximum atomic E-state index is 13.2. The highest BCUT2D eigenvalue weighted by Gasteiger charge is 2.10. The number of hydrogen-bond donors (Lipinski definition) is 1. The van der Waals surface area contributed by atoms with Gasteiger partial charge in [-0.15, -0.1) is 0 Å². The molecule has 1 unspecified atom stereocenters. The largest absolute Gasteiger partial charge is 0.388 e. The van der Waals surface area contributed by atoms with E-state index >= 15 is 0 Å². The van der Waals surface area contributed by atoms with Crippen LogP contribution < -0.4 is 0 Å². The standard InChI is InChI=1S/C15H14FIO/c1-10-2-5-13(16)8-12(10)9-15(18)11-3-6-14(17)7-4-11/h2-8,15,18H,9H2,1H3. The van der Waals surface area contributed by atoms with Gasteiger partial charge in [0, 0.05) is 9.99 Å². The minimum absolute atomic E-state index is 0.259. The number of hydrogen-bond acceptors (Lipinski definition) is 1. The van der Waals surface area contributed by atoms with Crippen LogP contribution in [-0.4, -0.2) is 5.11 Å². The second-order valence-corrected chi connectivity index (χ2v) is 5.59. The number of halogens is 2. The van der Waals surface area contributed by atoms with Crippen LogP contribution in [0.5, 0.6) is 0 Å². The zero-order chi connectivity index (χ0) is 13.1. The summed E-state index contributed by atoms with van der Waals surface area (Å²) in [5.74, 6) is -0.259. The molecule has 0 fully saturated rings. The van der Waals surface area contributed by atoms with Gasteiger partial charge in [-0.25, -0.2) is 4.39 Å². The van der Waals surface area contributed by atoms with Crippen molar-refractivity contribution in [1.82, 2.24) is 0 Å². The molecule has 2 rings (SSSR count). The summed E-state index contributed by atoms with van der Waals surface area (Å²) in [5.41, 5.74) is 2.71. The van der Waals surface area contributed by atoms with E-state index in [2.05, 4.69) is 22.6 Å². The monoisotopic (exact) mass is 356 g/mol. The van der Waals surface area contributed by atoms with Crippen molar-refractivity contribution in [3.8, 4) is 0 Å². The molecule has 3 heteroatoms. The first kappa shape index (κ1) is 13.5. The first-order valence-electron chi connectivity index (χ1n) is 5.75. The molecular formula is C15H14FIO. The summed E-state index contributed by atoms with van der Waals surface area (Å²) in [6, 6.07) is 12.4. The van der Waals surface area contributed by atoms with Gasteiger partial charge in [0.25, 0.3) is 0 Å². The predicted octanol–water partition coefficient (Wildman–Crippen LogP) is 4.01. The Labute approximate surface area is 120 Å². The number of aliphatic hydroxyl groups is 1. The van der Waals surface area contributed by atoms with Gasteiger partial charge >= 0.3 is 0 Å². The molecule has 0 amide bonds. The van der Waals surface area contributed by atoms with Gasteiger partial charge in [-0.3, -0.25) is 0 Å². The highest BCUT2D eigenvalue weighted by atomic mass is 127. The summed E-state index contributed by atoms with van der Waals surface area (Å²) < 4.78 is 14.3. The van der Waals surface area contributed by atoms with Crippen LogP contribution in [0.3, 0.4) is 0 Å². The summed E-state index contributed by atoms with van der Waals surface area (Å²) >= 11 is 2.22. The number of aryl methyl sites for hydroxylation is 1. The lowest BCUT2D eigenvalue weighted by Crippen LogP contribution is -2.03. The Morgan fingerprint density at radius 3 is 2.50 bits per heavy atom. The van der Waals surface area contributed by atoms with Crippen molar-refractivity contribution >= 4 is 22.6 Å². The third-order valence-electron chi connectivity index (χ3n) is 2.98. The van der Waals surface area contributed by atoms with Gasteiger partial charge in [0.1, 0.15) is 5.82 Å². The third kappa shape index (κ3) is 3.29. The lowest BCUT2D eigenvalue weighted by atomic mass is 9.98. The van der Waals surface area contributed by atoms with E-state index in [-0.39, 0.29) is 5.82 Å². The molecule has 1 nitrogen and oxygen atoms in total. The molecule has 0 aliphatic heterocycles. The van der Waals surface area contributed by atoms with Gasteiger partial charge in [-0.05, 0) is 70.5 Å². The van der Waals surface area contributed by atoms with Gasteiger partial charge < -0.3 is 5.11 Å². The number of rotatable bonds is 3. The fourth-order valence-electron chi connectivity index (χ4n) is 1.87. The summed E-state index contributed by atoms with van der Waals surface area (Å²) in [6.45, 7) is 1.93. The molecule has 0 aromatic heterocycles. The Hall–Kier alpha value is -0.940. The number of aliphatic hydroxyl groups excluding tert-OH is 1. The van der Waals surface area contributed by atoms with Gasteiger partial charge in [-0.1, -0.05) is 18.2 Å². The van der Waals surface area contributed by atoms with E-state index in [0.29, 0.717) is 6.42 Å². The van der Waals surface area contributed by atoms with Crippen molar-refractivity contribution in [2.24, 2.45) is 0 Å². The molecule has 18 heavy (non-hydrogen) atoms. The topological polar surface area (TPSA) is 20.2 Å². The Morgan fingerprint density at radius 1 is 1.17 bits per heavy atom. The quantitative estimate of drug-likeness (QED) is 0.824. The lowest BCUT2D eigenvalue weighted by molar-refractivity contribution is 0.178. The molecule has 1 N–H and O–H groups in total. The zero-order valence-electron chi connectivity index (χ0n) is 10.0. The van der Waals surface area contributed by atoms with Crippen LogP contribution in [-0.2, 0) is 6.42 Å². The van der Waals surface area contributed by atoms with Crippen molar-refractivity contribution in [2.45, 2.75) is 19.4 Å². The number of benzene rings is 2. The smallest absolute Gasteiger partial charge is 0.123 e. The molecule has 94 valence electrons. The van der Waals surface area contributed by atoms with Gasteiger partial charge in [-0.2, -0.15) is 0 Å². The Kier molecular flexibility index (Phi) is 4.35. The van der Waals surface area contributed by atoms with Crippen molar-refractivity contribution in [3.05, 3.63) is 68.5 Å². The molecule has 0 aliphatic rings. The van der Waals surface area contributed by atoms with Crippen LogP contribution in [0.15, 0.2) is 42.5 Å². The Bertz CT molecular complexity index is 537. The molecule has 2 aromatic rings.